The highest BCUT2D eigenvalue weighted by atomic mass is 35.5. The summed E-state index contributed by atoms with van der Waals surface area (Å²) < 4.78 is 0. The van der Waals surface area contributed by atoms with Crippen molar-refractivity contribution in [2.45, 2.75) is 13.0 Å². The lowest BCUT2D eigenvalue weighted by Crippen LogP contribution is -2.28. The first-order chi connectivity index (χ1) is 12.7. The normalized spacial score (nSPS) is 12.7. The number of carbonyl (C=O) groups is 1. The number of aromatic nitrogens is 1. The fourth-order valence-corrected chi connectivity index (χ4v) is 3.25. The van der Waals surface area contributed by atoms with Gasteiger partial charge in [-0.05, 0) is 47.9 Å². The van der Waals surface area contributed by atoms with Crippen LogP contribution in [-0.4, -0.2) is 17.4 Å². The summed E-state index contributed by atoms with van der Waals surface area (Å²) in [6, 6.07) is 19.4. The molecule has 0 aliphatic carbocycles. The lowest BCUT2D eigenvalue weighted by Gasteiger charge is -2.17. The van der Waals surface area contributed by atoms with Crippen LogP contribution in [0.3, 0.4) is 0 Å². The molecule has 0 radical (unpaired) electrons. The Bertz CT molecular complexity index is 923. The number of anilines is 2. The molecule has 4 nitrogen and oxygen atoms in total. The number of benzene rings is 2. The largest absolute Gasteiger partial charge is 0.366 e. The van der Waals surface area contributed by atoms with Crippen LogP contribution in [0.25, 0.3) is 0 Å². The zero-order chi connectivity index (χ0) is 17.9. The van der Waals surface area contributed by atoms with E-state index >= 15 is 0 Å². The van der Waals surface area contributed by atoms with E-state index in [1.54, 1.807) is 6.20 Å². The van der Waals surface area contributed by atoms with Crippen LogP contribution in [0.1, 0.15) is 21.5 Å². The van der Waals surface area contributed by atoms with E-state index in [2.05, 4.69) is 16.4 Å². The van der Waals surface area contributed by atoms with Crippen molar-refractivity contribution in [3.8, 4) is 0 Å². The monoisotopic (exact) mass is 363 g/mol. The second kappa shape index (κ2) is 7.18. The Morgan fingerprint density at radius 3 is 2.65 bits per heavy atom. The van der Waals surface area contributed by atoms with E-state index in [4.69, 9.17) is 11.6 Å². The molecule has 0 fully saturated rings. The molecule has 0 unspecified atom stereocenters. The van der Waals surface area contributed by atoms with Crippen molar-refractivity contribution in [2.24, 2.45) is 0 Å². The third-order valence-electron chi connectivity index (χ3n) is 4.53. The summed E-state index contributed by atoms with van der Waals surface area (Å²) in [5, 5.41) is 3.97. The van der Waals surface area contributed by atoms with Crippen molar-refractivity contribution in [1.82, 2.24) is 4.98 Å². The number of fused-ring (bicyclic) bond motifs is 1. The van der Waals surface area contributed by atoms with Gasteiger partial charge in [-0.25, -0.2) is 4.98 Å². The van der Waals surface area contributed by atoms with Crippen molar-refractivity contribution < 1.29 is 4.79 Å². The van der Waals surface area contributed by atoms with Gasteiger partial charge in [-0.3, -0.25) is 4.79 Å². The molecule has 1 N–H and O–H groups in total. The van der Waals surface area contributed by atoms with Gasteiger partial charge >= 0.3 is 0 Å². The van der Waals surface area contributed by atoms with E-state index in [-0.39, 0.29) is 5.91 Å². The number of para-hydroxylation sites is 1. The average molecular weight is 364 g/mol. The topological polar surface area (TPSA) is 45.2 Å². The van der Waals surface area contributed by atoms with Crippen LogP contribution in [-0.2, 0) is 13.0 Å². The summed E-state index contributed by atoms with van der Waals surface area (Å²) in [4.78, 5) is 19.0. The van der Waals surface area contributed by atoms with E-state index in [1.165, 1.54) is 5.56 Å². The van der Waals surface area contributed by atoms with Crippen molar-refractivity contribution in [1.29, 1.82) is 0 Å². The Balaban J connectivity index is 1.43. The number of carbonyl (C=O) groups excluding carboxylic acids is 1. The molecule has 3 aromatic rings. The molecule has 26 heavy (non-hydrogen) atoms. The predicted molar refractivity (Wildman–Crippen MR) is 105 cm³/mol. The van der Waals surface area contributed by atoms with Crippen molar-refractivity contribution >= 4 is 29.0 Å². The third kappa shape index (κ3) is 3.41. The van der Waals surface area contributed by atoms with E-state index < -0.39 is 0 Å². The lowest BCUT2D eigenvalue weighted by atomic mass is 10.2. The smallest absolute Gasteiger partial charge is 0.259 e. The standard InChI is InChI=1S/C21H18ClN3O/c22-18-8-5-15(6-9-18)13-23-20-10-7-17(14-24-20)21(26)25-12-11-16-3-1-2-4-19(16)25/h1-10,14H,11-13H2,(H,23,24). The number of halogens is 1. The van der Waals surface area contributed by atoms with E-state index in [0.717, 1.165) is 35.1 Å². The van der Waals surface area contributed by atoms with Crippen molar-refractivity contribution in [3.05, 3.63) is 88.6 Å². The van der Waals surface area contributed by atoms with Crippen LogP contribution >= 0.6 is 11.6 Å². The first kappa shape index (κ1) is 16.6. The van der Waals surface area contributed by atoms with Crippen LogP contribution in [0.5, 0.6) is 0 Å². The van der Waals surface area contributed by atoms with E-state index in [1.807, 2.05) is 59.5 Å². The number of hydrogen-bond acceptors (Lipinski definition) is 3. The number of rotatable bonds is 4. The number of pyridine rings is 1. The lowest BCUT2D eigenvalue weighted by molar-refractivity contribution is 0.0989. The minimum atomic E-state index is -0.00768. The molecule has 0 saturated heterocycles. The van der Waals surface area contributed by atoms with Gasteiger partial charge in [0.2, 0.25) is 0 Å². The maximum absolute atomic E-state index is 12.8. The van der Waals surface area contributed by atoms with Gasteiger partial charge in [0.15, 0.2) is 0 Å². The van der Waals surface area contributed by atoms with Gasteiger partial charge in [-0.2, -0.15) is 0 Å². The fraction of sp³-hybridized carbons (Fsp3) is 0.143. The second-order valence-corrected chi connectivity index (χ2v) is 6.68. The Labute approximate surface area is 157 Å². The van der Waals surface area contributed by atoms with Crippen LogP contribution in [0.2, 0.25) is 5.02 Å². The minimum absolute atomic E-state index is 0.00768. The maximum Gasteiger partial charge on any atom is 0.259 e. The molecule has 5 heteroatoms. The second-order valence-electron chi connectivity index (χ2n) is 6.25. The number of nitrogens with one attached hydrogen (secondary N) is 1. The maximum atomic E-state index is 12.8. The van der Waals surface area contributed by atoms with E-state index in [0.29, 0.717) is 12.1 Å². The molecule has 4 rings (SSSR count). The predicted octanol–water partition coefficient (Wildman–Crippen LogP) is 4.55. The number of hydrogen-bond donors (Lipinski definition) is 1. The average Bonchev–Trinajstić information content (AvgIpc) is 3.11. The van der Waals surface area contributed by atoms with E-state index in [9.17, 15) is 4.79 Å². The first-order valence-corrected chi connectivity index (χ1v) is 8.93. The molecule has 1 aliphatic rings. The Morgan fingerprint density at radius 1 is 1.08 bits per heavy atom. The molecule has 0 atom stereocenters. The number of amides is 1. The highest BCUT2D eigenvalue weighted by molar-refractivity contribution is 6.30. The Kier molecular flexibility index (Phi) is 4.59. The van der Waals surface area contributed by atoms with Crippen LogP contribution in [0.15, 0.2) is 66.9 Å². The van der Waals surface area contributed by atoms with Gasteiger partial charge in [0.25, 0.3) is 5.91 Å². The molecule has 0 spiro atoms. The van der Waals surface area contributed by atoms with Gasteiger partial charge in [0.1, 0.15) is 5.82 Å². The van der Waals surface area contributed by atoms with Crippen LogP contribution in [0.4, 0.5) is 11.5 Å². The van der Waals surface area contributed by atoms with Gasteiger partial charge in [0, 0.05) is 30.0 Å². The molecule has 0 saturated carbocycles. The highest BCUT2D eigenvalue weighted by Gasteiger charge is 2.25. The summed E-state index contributed by atoms with van der Waals surface area (Å²) in [7, 11) is 0. The highest BCUT2D eigenvalue weighted by Crippen LogP contribution is 2.28. The zero-order valence-electron chi connectivity index (χ0n) is 14.2. The van der Waals surface area contributed by atoms with Gasteiger partial charge in [-0.15, -0.1) is 0 Å². The summed E-state index contributed by atoms with van der Waals surface area (Å²) in [5.41, 5.74) is 3.93. The molecule has 130 valence electrons. The zero-order valence-corrected chi connectivity index (χ0v) is 14.9. The van der Waals surface area contributed by atoms with Gasteiger partial charge < -0.3 is 10.2 Å². The Morgan fingerprint density at radius 2 is 1.88 bits per heavy atom. The summed E-state index contributed by atoms with van der Waals surface area (Å²) in [6.07, 6.45) is 2.53. The molecule has 1 aromatic heterocycles. The van der Waals surface area contributed by atoms with Crippen molar-refractivity contribution in [3.63, 3.8) is 0 Å². The summed E-state index contributed by atoms with van der Waals surface area (Å²) in [5.74, 6) is 0.727. The molecular formula is C21H18ClN3O. The molecule has 2 aromatic carbocycles. The first-order valence-electron chi connectivity index (χ1n) is 8.55. The molecule has 0 bridgehead atoms. The van der Waals surface area contributed by atoms with Crippen molar-refractivity contribution in [2.75, 3.05) is 16.8 Å². The van der Waals surface area contributed by atoms with Gasteiger partial charge in [0.05, 0.1) is 5.56 Å². The molecule has 1 amide bonds. The van der Waals surface area contributed by atoms with Crippen LogP contribution < -0.4 is 10.2 Å². The SMILES string of the molecule is O=C(c1ccc(NCc2ccc(Cl)cc2)nc1)N1CCc2ccccc21. The van der Waals surface area contributed by atoms with Crippen LogP contribution in [0, 0.1) is 0 Å². The molecule has 2 heterocycles. The summed E-state index contributed by atoms with van der Waals surface area (Å²) >= 11 is 5.89. The minimum Gasteiger partial charge on any atom is -0.366 e. The summed E-state index contributed by atoms with van der Waals surface area (Å²) in [6.45, 7) is 1.37. The van der Waals surface area contributed by atoms with Gasteiger partial charge in [-0.1, -0.05) is 41.9 Å². The molecular weight excluding hydrogens is 346 g/mol. The quantitative estimate of drug-likeness (QED) is 0.739. The molecule has 1 aliphatic heterocycles. The third-order valence-corrected chi connectivity index (χ3v) is 4.78. The Hall–Kier alpha value is -2.85. The number of nitrogens with zero attached hydrogens (tertiary/aromatic N) is 2. The fourth-order valence-electron chi connectivity index (χ4n) is 3.12.